The van der Waals surface area contributed by atoms with Gasteiger partial charge in [0.05, 0.1) is 0 Å². The Bertz CT molecular complexity index is 709. The van der Waals surface area contributed by atoms with Crippen LogP contribution >= 0.6 is 0 Å². The number of carbonyl (C=O) groups is 4. The smallest absolute Gasteiger partial charge is 0.364 e. The van der Waals surface area contributed by atoms with Crippen molar-refractivity contribution < 1.29 is 28.8 Å². The SMILES string of the molecule is CC(C)(C)OC(=O)C(N)(Cc1ccccc1)C(=O)ON1C(=O)CCC1=O. The maximum Gasteiger partial charge on any atom is 0.364 e. The van der Waals surface area contributed by atoms with Gasteiger partial charge in [-0.25, -0.2) is 9.59 Å². The predicted molar refractivity (Wildman–Crippen MR) is 90.1 cm³/mol. The van der Waals surface area contributed by atoms with Gasteiger partial charge in [-0.05, 0) is 26.3 Å². The molecule has 0 bridgehead atoms. The summed E-state index contributed by atoms with van der Waals surface area (Å²) in [5.41, 5.74) is 3.59. The summed E-state index contributed by atoms with van der Waals surface area (Å²) >= 11 is 0. The average Bonchev–Trinajstić information content (AvgIpc) is 2.86. The Labute approximate surface area is 151 Å². The van der Waals surface area contributed by atoms with E-state index in [0.29, 0.717) is 10.6 Å². The van der Waals surface area contributed by atoms with Gasteiger partial charge < -0.3 is 15.3 Å². The number of rotatable bonds is 5. The van der Waals surface area contributed by atoms with Crippen LogP contribution in [0.2, 0.25) is 0 Å². The molecule has 1 aromatic carbocycles. The quantitative estimate of drug-likeness (QED) is 0.469. The fourth-order valence-corrected chi connectivity index (χ4v) is 2.34. The first-order valence-electron chi connectivity index (χ1n) is 8.17. The maximum atomic E-state index is 12.6. The lowest BCUT2D eigenvalue weighted by Gasteiger charge is -2.30. The third-order valence-electron chi connectivity index (χ3n) is 3.63. The van der Waals surface area contributed by atoms with Crippen molar-refractivity contribution in [2.45, 2.75) is 51.2 Å². The number of ether oxygens (including phenoxy) is 1. The Hall–Kier alpha value is -2.74. The van der Waals surface area contributed by atoms with Gasteiger partial charge in [0.25, 0.3) is 11.8 Å². The monoisotopic (exact) mass is 362 g/mol. The van der Waals surface area contributed by atoms with Crippen LogP contribution in [0.15, 0.2) is 30.3 Å². The molecule has 2 rings (SSSR count). The fourth-order valence-electron chi connectivity index (χ4n) is 2.34. The van der Waals surface area contributed by atoms with Crippen LogP contribution in [-0.4, -0.2) is 40.0 Å². The molecule has 26 heavy (non-hydrogen) atoms. The van der Waals surface area contributed by atoms with Gasteiger partial charge in [0.15, 0.2) is 0 Å². The van der Waals surface area contributed by atoms with Crippen LogP contribution in [-0.2, 0) is 35.2 Å². The van der Waals surface area contributed by atoms with E-state index in [2.05, 4.69) is 0 Å². The van der Waals surface area contributed by atoms with Gasteiger partial charge in [0.2, 0.25) is 5.54 Å². The number of hydroxylamine groups is 2. The van der Waals surface area contributed by atoms with E-state index in [-0.39, 0.29) is 19.3 Å². The number of benzene rings is 1. The van der Waals surface area contributed by atoms with Crippen LogP contribution in [0.5, 0.6) is 0 Å². The first kappa shape index (κ1) is 19.6. The number of carbonyl (C=O) groups excluding carboxylic acids is 4. The highest BCUT2D eigenvalue weighted by molar-refractivity contribution is 6.07. The molecule has 8 nitrogen and oxygen atoms in total. The summed E-state index contributed by atoms with van der Waals surface area (Å²) in [5.74, 6) is -3.54. The highest BCUT2D eigenvalue weighted by Gasteiger charge is 2.49. The summed E-state index contributed by atoms with van der Waals surface area (Å²) in [7, 11) is 0. The average molecular weight is 362 g/mol. The largest absolute Gasteiger partial charge is 0.458 e. The van der Waals surface area contributed by atoms with E-state index in [1.54, 1.807) is 51.1 Å². The second-order valence-electron chi connectivity index (χ2n) is 7.10. The van der Waals surface area contributed by atoms with E-state index in [4.69, 9.17) is 15.3 Å². The van der Waals surface area contributed by atoms with Gasteiger partial charge in [-0.1, -0.05) is 30.3 Å². The molecule has 2 amide bonds. The third-order valence-corrected chi connectivity index (χ3v) is 3.63. The molecule has 0 aromatic heterocycles. The van der Waals surface area contributed by atoms with Crippen molar-refractivity contribution >= 4 is 23.8 Å². The number of nitrogens with two attached hydrogens (primary N) is 1. The van der Waals surface area contributed by atoms with Crippen LogP contribution in [0.4, 0.5) is 0 Å². The maximum absolute atomic E-state index is 12.6. The van der Waals surface area contributed by atoms with E-state index in [9.17, 15) is 19.2 Å². The topological polar surface area (TPSA) is 116 Å². The van der Waals surface area contributed by atoms with Crippen LogP contribution in [0.25, 0.3) is 0 Å². The Kier molecular flexibility index (Phi) is 5.46. The molecule has 1 aromatic rings. The highest BCUT2D eigenvalue weighted by Crippen LogP contribution is 2.21. The van der Waals surface area contributed by atoms with Gasteiger partial charge in [-0.2, -0.15) is 0 Å². The zero-order valence-corrected chi connectivity index (χ0v) is 15.0. The van der Waals surface area contributed by atoms with Crippen LogP contribution in [0.3, 0.4) is 0 Å². The number of nitrogens with zero attached hydrogens (tertiary/aromatic N) is 1. The van der Waals surface area contributed by atoms with E-state index >= 15 is 0 Å². The minimum atomic E-state index is -2.21. The molecule has 0 radical (unpaired) electrons. The van der Waals surface area contributed by atoms with Crippen LogP contribution in [0, 0.1) is 0 Å². The molecule has 8 heteroatoms. The van der Waals surface area contributed by atoms with Gasteiger partial charge in [0.1, 0.15) is 5.60 Å². The molecule has 1 heterocycles. The first-order chi connectivity index (χ1) is 12.0. The molecule has 1 aliphatic rings. The minimum Gasteiger partial charge on any atom is -0.458 e. The Balaban J connectivity index is 2.29. The summed E-state index contributed by atoms with van der Waals surface area (Å²) in [6, 6.07) is 8.60. The zero-order chi connectivity index (χ0) is 19.5. The minimum absolute atomic E-state index is 0.0607. The number of esters is 1. The van der Waals surface area contributed by atoms with Crippen molar-refractivity contribution in [3.63, 3.8) is 0 Å². The van der Waals surface area contributed by atoms with Gasteiger partial charge in [-0.3, -0.25) is 9.59 Å². The molecule has 2 N–H and O–H groups in total. The molecular formula is C18H22N2O6. The van der Waals surface area contributed by atoms with Crippen LogP contribution < -0.4 is 5.73 Å². The van der Waals surface area contributed by atoms with Crippen molar-refractivity contribution in [3.8, 4) is 0 Å². The second kappa shape index (κ2) is 7.25. The predicted octanol–water partition coefficient (Wildman–Crippen LogP) is 0.875. The highest BCUT2D eigenvalue weighted by atomic mass is 16.7. The lowest BCUT2D eigenvalue weighted by molar-refractivity contribution is -0.205. The number of imide groups is 1. The first-order valence-corrected chi connectivity index (χ1v) is 8.17. The lowest BCUT2D eigenvalue weighted by Crippen LogP contribution is -2.60. The number of hydrogen-bond acceptors (Lipinski definition) is 7. The summed E-state index contributed by atoms with van der Waals surface area (Å²) in [6.45, 7) is 4.89. The number of hydrogen-bond donors (Lipinski definition) is 1. The third kappa shape index (κ3) is 4.45. The van der Waals surface area contributed by atoms with E-state index in [1.165, 1.54) is 0 Å². The molecule has 1 fully saturated rings. The summed E-state index contributed by atoms with van der Waals surface area (Å²) < 4.78 is 5.26. The van der Waals surface area contributed by atoms with E-state index in [1.807, 2.05) is 0 Å². The number of amides is 2. The Morgan fingerprint density at radius 2 is 1.58 bits per heavy atom. The van der Waals surface area contributed by atoms with Crippen molar-refractivity contribution in [3.05, 3.63) is 35.9 Å². The molecule has 0 saturated carbocycles. The van der Waals surface area contributed by atoms with Crippen molar-refractivity contribution in [2.24, 2.45) is 5.73 Å². The molecular weight excluding hydrogens is 340 g/mol. The van der Waals surface area contributed by atoms with Gasteiger partial charge in [0, 0.05) is 19.3 Å². The molecule has 140 valence electrons. The summed E-state index contributed by atoms with van der Waals surface area (Å²) in [4.78, 5) is 53.5. The second-order valence-corrected chi connectivity index (χ2v) is 7.10. The van der Waals surface area contributed by atoms with Crippen LogP contribution in [0.1, 0.15) is 39.2 Å². The van der Waals surface area contributed by atoms with Gasteiger partial charge >= 0.3 is 11.9 Å². The van der Waals surface area contributed by atoms with E-state index in [0.717, 1.165) is 0 Å². The Morgan fingerprint density at radius 1 is 1.04 bits per heavy atom. The van der Waals surface area contributed by atoms with Crippen molar-refractivity contribution in [1.82, 2.24) is 5.06 Å². The molecule has 1 unspecified atom stereocenters. The van der Waals surface area contributed by atoms with Crippen molar-refractivity contribution in [1.29, 1.82) is 0 Å². The molecule has 1 atom stereocenters. The lowest BCUT2D eigenvalue weighted by atomic mass is 9.91. The van der Waals surface area contributed by atoms with Gasteiger partial charge in [-0.15, -0.1) is 5.06 Å². The molecule has 0 spiro atoms. The molecule has 0 aliphatic carbocycles. The molecule has 1 saturated heterocycles. The van der Waals surface area contributed by atoms with Crippen molar-refractivity contribution in [2.75, 3.05) is 0 Å². The molecule has 1 aliphatic heterocycles. The normalized spacial score (nSPS) is 17.0. The standard InChI is InChI=1S/C18H22N2O6/c1-17(2,3)25-15(23)18(19,11-12-7-5-4-6-8-12)16(24)26-20-13(21)9-10-14(20)22/h4-8H,9-11,19H2,1-3H3. The van der Waals surface area contributed by atoms with E-state index < -0.39 is 34.9 Å². The fraction of sp³-hybridized carbons (Fsp3) is 0.444. The summed E-state index contributed by atoms with van der Waals surface area (Å²) in [5, 5.41) is 0.360. The summed E-state index contributed by atoms with van der Waals surface area (Å²) in [6.07, 6.45) is -0.332. The Morgan fingerprint density at radius 3 is 2.08 bits per heavy atom. The zero-order valence-electron chi connectivity index (χ0n) is 15.0.